The number of hydrogen-bond acceptors (Lipinski definition) is 3. The van der Waals surface area contributed by atoms with E-state index in [1.165, 1.54) is 160 Å². The summed E-state index contributed by atoms with van der Waals surface area (Å²) in [6, 6.07) is 159. The molecule has 0 saturated heterocycles. The number of fused-ring (bicyclic) bond motifs is 15. The second-order valence-corrected chi connectivity index (χ2v) is 37.6. The van der Waals surface area contributed by atoms with E-state index in [-0.39, 0.29) is 10.8 Å². The summed E-state index contributed by atoms with van der Waals surface area (Å²) < 4.78 is 7.23. The largest absolute Gasteiger partial charge is 0.311 e. The third kappa shape index (κ3) is 14.8. The van der Waals surface area contributed by atoms with Crippen LogP contribution < -0.4 is 14.7 Å². The van der Waals surface area contributed by atoms with Gasteiger partial charge in [0, 0.05) is 111 Å². The molecule has 24 rings (SSSR count). The van der Waals surface area contributed by atoms with Gasteiger partial charge in [0.25, 0.3) is 0 Å². The Morgan fingerprint density at radius 2 is 0.430 bits per heavy atom. The zero-order valence-corrected chi connectivity index (χ0v) is 77.5. The van der Waals surface area contributed by atoms with Crippen LogP contribution in [-0.4, -0.2) is 13.7 Å². The summed E-state index contributed by atoms with van der Waals surface area (Å²) in [5.74, 6) is 0. The van der Waals surface area contributed by atoms with Crippen LogP contribution in [0.4, 0.5) is 51.2 Å². The molecule has 2 aliphatic rings. The van der Waals surface area contributed by atoms with E-state index >= 15 is 0 Å². The van der Waals surface area contributed by atoms with Crippen molar-refractivity contribution < 1.29 is 0 Å². The quantitative estimate of drug-likeness (QED) is 0.0850. The molecule has 0 N–H and O–H groups in total. The molecule has 3 aromatic heterocycles. The molecule has 0 aliphatic heterocycles. The molecule has 0 radical (unpaired) electrons. The van der Waals surface area contributed by atoms with Crippen LogP contribution in [0.25, 0.3) is 145 Å². The van der Waals surface area contributed by atoms with Crippen LogP contribution in [0.1, 0.15) is 95.8 Å². The van der Waals surface area contributed by atoms with Crippen molar-refractivity contribution in [2.45, 2.75) is 73.1 Å². The molecular formula is C129H102N6. The van der Waals surface area contributed by atoms with Crippen molar-refractivity contribution >= 4 is 135 Å². The minimum absolute atomic E-state index is 0.0686. The molecule has 19 aromatic carbocycles. The van der Waals surface area contributed by atoms with Crippen LogP contribution in [0, 0.1) is 27.7 Å². The van der Waals surface area contributed by atoms with E-state index < -0.39 is 0 Å². The summed E-state index contributed by atoms with van der Waals surface area (Å²) >= 11 is 0. The van der Waals surface area contributed by atoms with Gasteiger partial charge in [-0.2, -0.15) is 0 Å². The summed E-state index contributed by atoms with van der Waals surface area (Å²) in [5, 5.41) is 7.63. The Morgan fingerprint density at radius 1 is 0.200 bits per heavy atom. The van der Waals surface area contributed by atoms with Gasteiger partial charge in [0.2, 0.25) is 0 Å². The standard InChI is InChI=1S/C66H52N4.C63H50N2/c1-45-15-37-63-59(41-45)60-42-46(2)16-38-64(60)69(63)57-33-29-55(30-34-57)67(51-11-7-5-8-12-51)53-25-21-49(22-26-53)19-20-50-23-27-54(28-24-50)68(52-13-9-6-10-14-52)56-31-35-58(36-32-56)70-65-39-17-47(3)43-61(65)62-44-48(4)18-40-66(62)70;1-6-14-41-21-27-47(28-22-41)64(46-15-8-7-9-16-46)48-29-31-49(32-30-48)65-60-35-25-42(44-23-33-52-50-17-10-12-19-56(50)62(2,3)58(52)39-44)37-54(60)55-38-43(26-36-61(55)65)45-24-34-53-51-18-11-13-20-57(51)63(4,5)59(53)40-45/h5-44H,1-4H3;6-40H,1-5H3/b20-19+;14-6+. The summed E-state index contributed by atoms with van der Waals surface area (Å²) in [5.41, 5.74) is 44.9. The third-order valence-corrected chi connectivity index (χ3v) is 28.2. The molecule has 648 valence electrons. The fraction of sp³-hybridized carbons (Fsp3) is 0.0853. The summed E-state index contributed by atoms with van der Waals surface area (Å²) in [6.07, 6.45) is 8.61. The molecule has 6 nitrogen and oxygen atoms in total. The summed E-state index contributed by atoms with van der Waals surface area (Å²) in [4.78, 5) is 6.99. The zero-order chi connectivity index (χ0) is 91.3. The van der Waals surface area contributed by atoms with Gasteiger partial charge in [-0.15, -0.1) is 0 Å². The smallest absolute Gasteiger partial charge is 0.0541 e. The second-order valence-electron chi connectivity index (χ2n) is 37.6. The average molecular weight is 1740 g/mol. The van der Waals surface area contributed by atoms with Crippen molar-refractivity contribution in [1.82, 2.24) is 13.7 Å². The monoisotopic (exact) mass is 1730 g/mol. The van der Waals surface area contributed by atoms with Gasteiger partial charge >= 0.3 is 0 Å². The first kappa shape index (κ1) is 82.8. The summed E-state index contributed by atoms with van der Waals surface area (Å²) in [6.45, 7) is 20.2. The minimum atomic E-state index is -0.0686. The Bertz CT molecular complexity index is 7860. The number of nitrogens with zero attached hydrogens (tertiary/aromatic N) is 6. The van der Waals surface area contributed by atoms with Crippen molar-refractivity contribution in [3.8, 4) is 61.6 Å². The second kappa shape index (κ2) is 33.7. The van der Waals surface area contributed by atoms with Crippen LogP contribution in [0.2, 0.25) is 0 Å². The number of hydrogen-bond donors (Lipinski definition) is 0. The Labute approximate surface area is 790 Å². The highest BCUT2D eigenvalue weighted by Gasteiger charge is 2.37. The molecule has 0 unspecified atom stereocenters. The molecule has 135 heavy (non-hydrogen) atoms. The Morgan fingerprint density at radius 3 is 0.726 bits per heavy atom. The topological polar surface area (TPSA) is 24.5 Å². The van der Waals surface area contributed by atoms with Gasteiger partial charge in [-0.1, -0.05) is 274 Å². The highest BCUT2D eigenvalue weighted by Crippen LogP contribution is 2.53. The van der Waals surface area contributed by atoms with E-state index in [2.05, 4.69) is 546 Å². The van der Waals surface area contributed by atoms with Crippen LogP contribution >= 0.6 is 0 Å². The number of para-hydroxylation sites is 3. The number of benzene rings is 19. The zero-order valence-electron chi connectivity index (χ0n) is 77.5. The maximum Gasteiger partial charge on any atom is 0.0541 e. The highest BCUT2D eigenvalue weighted by molar-refractivity contribution is 6.14. The van der Waals surface area contributed by atoms with Crippen molar-refractivity contribution in [2.75, 3.05) is 14.7 Å². The predicted octanol–water partition coefficient (Wildman–Crippen LogP) is 35.5. The minimum Gasteiger partial charge on any atom is -0.311 e. The first-order valence-electron chi connectivity index (χ1n) is 47.1. The van der Waals surface area contributed by atoms with Gasteiger partial charge in [0.05, 0.1) is 33.1 Å². The Hall–Kier alpha value is -16.5. The predicted molar refractivity (Wildman–Crippen MR) is 575 cm³/mol. The van der Waals surface area contributed by atoms with E-state index in [1.807, 2.05) is 0 Å². The van der Waals surface area contributed by atoms with Crippen molar-refractivity contribution in [3.63, 3.8) is 0 Å². The molecule has 6 heteroatoms. The van der Waals surface area contributed by atoms with E-state index in [9.17, 15) is 0 Å². The van der Waals surface area contributed by atoms with Crippen molar-refractivity contribution in [2.24, 2.45) is 0 Å². The molecular weight excluding hydrogens is 1630 g/mol. The van der Waals surface area contributed by atoms with E-state index in [0.29, 0.717) is 0 Å². The van der Waals surface area contributed by atoms with E-state index in [0.717, 1.165) is 79.4 Å². The number of aryl methyl sites for hydroxylation is 4. The van der Waals surface area contributed by atoms with Crippen LogP contribution in [0.5, 0.6) is 0 Å². The Kier molecular flexibility index (Phi) is 20.7. The fourth-order valence-electron chi connectivity index (χ4n) is 21.4. The van der Waals surface area contributed by atoms with Gasteiger partial charge in [-0.25, -0.2) is 0 Å². The lowest BCUT2D eigenvalue weighted by molar-refractivity contribution is 0.660. The Balaban J connectivity index is 0.000000153. The molecule has 0 saturated carbocycles. The third-order valence-electron chi connectivity index (χ3n) is 28.2. The molecule has 2 aliphatic carbocycles. The first-order chi connectivity index (χ1) is 66.0. The SMILES string of the molecule is C/C=C/c1ccc(N(c2ccccc2)c2ccc(-n3c4ccc(-c5ccc6c(c5)C(C)(C)c5ccccc5-6)cc4c4cc(-c5ccc6c(c5)C(C)(C)c5ccccc5-6)ccc43)cc2)cc1.Cc1ccc2c(c1)c1cc(C)ccc1n2-c1ccc(N(c2ccccc2)c2ccc(/C=C/c3ccc(N(c4ccccc4)c4ccc(-n5c6ccc(C)cc6c6cc(C)ccc65)cc4)cc3)cc2)cc1. The van der Waals surface area contributed by atoms with Gasteiger partial charge in [0.15, 0.2) is 0 Å². The molecule has 0 spiro atoms. The maximum atomic E-state index is 2.45. The molecule has 0 atom stereocenters. The molecule has 0 amide bonds. The number of allylic oxidation sites excluding steroid dienone is 1. The van der Waals surface area contributed by atoms with Crippen LogP contribution in [0.3, 0.4) is 0 Å². The van der Waals surface area contributed by atoms with E-state index in [4.69, 9.17) is 0 Å². The maximum absolute atomic E-state index is 2.45. The molecule has 0 bridgehead atoms. The van der Waals surface area contributed by atoms with Gasteiger partial charge in [0.1, 0.15) is 0 Å². The number of anilines is 9. The van der Waals surface area contributed by atoms with Crippen LogP contribution in [0.15, 0.2) is 437 Å². The number of rotatable bonds is 17. The number of aromatic nitrogens is 3. The highest BCUT2D eigenvalue weighted by atomic mass is 15.2. The normalized spacial score (nSPS) is 12.8. The molecule has 3 heterocycles. The first-order valence-corrected chi connectivity index (χ1v) is 47.1. The molecule has 0 fully saturated rings. The van der Waals surface area contributed by atoms with Crippen molar-refractivity contribution in [1.29, 1.82) is 0 Å². The van der Waals surface area contributed by atoms with Crippen molar-refractivity contribution in [3.05, 3.63) is 498 Å². The summed E-state index contributed by atoms with van der Waals surface area (Å²) in [7, 11) is 0. The lowest BCUT2D eigenvalue weighted by Gasteiger charge is -2.26. The van der Waals surface area contributed by atoms with Crippen LogP contribution in [-0.2, 0) is 10.8 Å². The molecule has 22 aromatic rings. The van der Waals surface area contributed by atoms with Gasteiger partial charge < -0.3 is 28.4 Å². The van der Waals surface area contributed by atoms with E-state index in [1.54, 1.807) is 0 Å². The van der Waals surface area contributed by atoms with Gasteiger partial charge in [-0.05, 0) is 349 Å². The lowest BCUT2D eigenvalue weighted by atomic mass is 9.81. The fourth-order valence-corrected chi connectivity index (χ4v) is 21.4. The lowest BCUT2D eigenvalue weighted by Crippen LogP contribution is -2.14. The average Bonchev–Trinajstić information content (AvgIpc) is 1.62. The van der Waals surface area contributed by atoms with Gasteiger partial charge in [-0.3, -0.25) is 0 Å².